The molecule has 1 atom stereocenters. The van der Waals surface area contributed by atoms with Crippen LogP contribution in [0, 0.1) is 0 Å². The molecule has 0 bridgehead atoms. The molecule has 0 aromatic heterocycles. The van der Waals surface area contributed by atoms with E-state index >= 15 is 0 Å². The minimum atomic E-state index is 0.230. The molecule has 0 saturated heterocycles. The highest BCUT2D eigenvalue weighted by molar-refractivity contribution is 5.47. The Labute approximate surface area is 151 Å². The molecule has 25 heavy (non-hydrogen) atoms. The minimum absolute atomic E-state index is 0.230. The Kier molecular flexibility index (Phi) is 8.06. The molecule has 2 aromatic carbocycles. The van der Waals surface area contributed by atoms with E-state index in [-0.39, 0.29) is 6.61 Å². The normalized spacial score (nSPS) is 12.7. The number of benzene rings is 2. The number of hydrogen-bond acceptors (Lipinski definition) is 3. The van der Waals surface area contributed by atoms with Gasteiger partial charge in [0, 0.05) is 18.3 Å². The SMILES string of the molecule is COc1ccc(NC(CCCO)C/C(C)=C/Cc2ccccc2)cc1. The fourth-order valence-electron chi connectivity index (χ4n) is 2.86. The van der Waals surface area contributed by atoms with Gasteiger partial charge in [0.05, 0.1) is 7.11 Å². The predicted molar refractivity (Wildman–Crippen MR) is 105 cm³/mol. The Hall–Kier alpha value is -2.26. The first-order valence-electron chi connectivity index (χ1n) is 8.92. The third-order valence-corrected chi connectivity index (χ3v) is 4.27. The van der Waals surface area contributed by atoms with E-state index in [2.05, 4.69) is 42.6 Å². The van der Waals surface area contributed by atoms with Crippen molar-refractivity contribution in [1.29, 1.82) is 0 Å². The van der Waals surface area contributed by atoms with Crippen LogP contribution in [0.1, 0.15) is 31.7 Å². The zero-order valence-electron chi connectivity index (χ0n) is 15.2. The standard InChI is InChI=1S/C22H29NO2/c1-18(10-11-19-7-4-3-5-8-19)17-21(9-6-16-24)23-20-12-14-22(25-2)15-13-20/h3-5,7-8,10,12-15,21,23-24H,6,9,11,16-17H2,1-2H3/b18-10+. The first-order chi connectivity index (χ1) is 12.2. The zero-order chi connectivity index (χ0) is 17.9. The number of anilines is 1. The summed E-state index contributed by atoms with van der Waals surface area (Å²) in [6.07, 6.45) is 5.98. The van der Waals surface area contributed by atoms with Gasteiger partial charge in [-0.15, -0.1) is 0 Å². The molecule has 0 aliphatic rings. The number of hydrogen-bond donors (Lipinski definition) is 2. The van der Waals surface area contributed by atoms with E-state index < -0.39 is 0 Å². The summed E-state index contributed by atoms with van der Waals surface area (Å²) in [6, 6.07) is 18.8. The van der Waals surface area contributed by atoms with Crippen LogP contribution in [0.25, 0.3) is 0 Å². The topological polar surface area (TPSA) is 41.5 Å². The molecule has 0 amide bonds. The van der Waals surface area contributed by atoms with E-state index in [4.69, 9.17) is 4.74 Å². The van der Waals surface area contributed by atoms with Gasteiger partial charge in [-0.1, -0.05) is 42.0 Å². The third-order valence-electron chi connectivity index (χ3n) is 4.27. The first-order valence-corrected chi connectivity index (χ1v) is 8.92. The number of methoxy groups -OCH3 is 1. The van der Waals surface area contributed by atoms with Crippen molar-refractivity contribution >= 4 is 5.69 Å². The summed E-state index contributed by atoms with van der Waals surface area (Å²) in [5.74, 6) is 0.858. The summed E-state index contributed by atoms with van der Waals surface area (Å²) in [7, 11) is 1.67. The Bertz CT molecular complexity index is 635. The van der Waals surface area contributed by atoms with Crippen LogP contribution in [0.5, 0.6) is 5.75 Å². The fourth-order valence-corrected chi connectivity index (χ4v) is 2.86. The number of rotatable bonds is 10. The van der Waals surface area contributed by atoms with E-state index in [1.54, 1.807) is 7.11 Å². The lowest BCUT2D eigenvalue weighted by molar-refractivity contribution is 0.281. The first kappa shape index (κ1) is 19.1. The van der Waals surface area contributed by atoms with Crippen molar-refractivity contribution in [2.24, 2.45) is 0 Å². The monoisotopic (exact) mass is 339 g/mol. The molecule has 0 heterocycles. The quantitative estimate of drug-likeness (QED) is 0.609. The van der Waals surface area contributed by atoms with Crippen molar-refractivity contribution in [3.63, 3.8) is 0 Å². The predicted octanol–water partition coefficient (Wildman–Crippen LogP) is 4.83. The fraction of sp³-hybridized carbons (Fsp3) is 0.364. The van der Waals surface area contributed by atoms with Crippen LogP contribution in [0.4, 0.5) is 5.69 Å². The van der Waals surface area contributed by atoms with Gasteiger partial charge in [0.15, 0.2) is 0 Å². The maximum absolute atomic E-state index is 9.18. The van der Waals surface area contributed by atoms with E-state index in [0.29, 0.717) is 6.04 Å². The average molecular weight is 339 g/mol. The molecule has 0 saturated carbocycles. The van der Waals surface area contributed by atoms with Crippen LogP contribution in [0.15, 0.2) is 66.2 Å². The number of allylic oxidation sites excluding steroid dienone is 1. The van der Waals surface area contributed by atoms with Crippen LogP contribution < -0.4 is 10.1 Å². The van der Waals surface area contributed by atoms with Gasteiger partial charge in [0.25, 0.3) is 0 Å². The van der Waals surface area contributed by atoms with Crippen molar-refractivity contribution < 1.29 is 9.84 Å². The third kappa shape index (κ3) is 7.02. The van der Waals surface area contributed by atoms with Gasteiger partial charge in [-0.2, -0.15) is 0 Å². The molecule has 3 nitrogen and oxygen atoms in total. The van der Waals surface area contributed by atoms with Crippen molar-refractivity contribution in [3.05, 3.63) is 71.8 Å². The van der Waals surface area contributed by atoms with E-state index in [1.165, 1.54) is 11.1 Å². The Morgan fingerprint density at radius 3 is 2.48 bits per heavy atom. The van der Waals surface area contributed by atoms with E-state index in [9.17, 15) is 5.11 Å². The van der Waals surface area contributed by atoms with Crippen molar-refractivity contribution in [1.82, 2.24) is 0 Å². The lowest BCUT2D eigenvalue weighted by Crippen LogP contribution is -2.20. The largest absolute Gasteiger partial charge is 0.497 e. The molecule has 134 valence electrons. The molecule has 3 heteroatoms. The molecular weight excluding hydrogens is 310 g/mol. The summed E-state index contributed by atoms with van der Waals surface area (Å²) >= 11 is 0. The lowest BCUT2D eigenvalue weighted by Gasteiger charge is -2.20. The molecule has 0 radical (unpaired) electrons. The maximum Gasteiger partial charge on any atom is 0.119 e. The number of ether oxygens (including phenoxy) is 1. The Morgan fingerprint density at radius 1 is 1.12 bits per heavy atom. The van der Waals surface area contributed by atoms with Gasteiger partial charge in [-0.05, 0) is 62.4 Å². The second kappa shape index (κ2) is 10.6. The second-order valence-corrected chi connectivity index (χ2v) is 6.38. The summed E-state index contributed by atoms with van der Waals surface area (Å²) in [5, 5.41) is 12.8. The molecular formula is C22H29NO2. The Morgan fingerprint density at radius 2 is 1.84 bits per heavy atom. The van der Waals surface area contributed by atoms with Crippen molar-refractivity contribution in [2.45, 2.75) is 38.6 Å². The van der Waals surface area contributed by atoms with Gasteiger partial charge in [-0.3, -0.25) is 0 Å². The summed E-state index contributed by atoms with van der Waals surface area (Å²) in [6.45, 7) is 2.41. The summed E-state index contributed by atoms with van der Waals surface area (Å²) in [4.78, 5) is 0. The number of aliphatic hydroxyl groups excluding tert-OH is 1. The zero-order valence-corrected chi connectivity index (χ0v) is 15.2. The van der Waals surface area contributed by atoms with Gasteiger partial charge in [0.1, 0.15) is 5.75 Å². The summed E-state index contributed by atoms with van der Waals surface area (Å²) in [5.41, 5.74) is 3.78. The number of aliphatic hydroxyl groups is 1. The molecule has 2 N–H and O–H groups in total. The van der Waals surface area contributed by atoms with Crippen LogP contribution in [0.3, 0.4) is 0 Å². The van der Waals surface area contributed by atoms with Crippen LogP contribution in [-0.2, 0) is 6.42 Å². The second-order valence-electron chi connectivity index (χ2n) is 6.38. The lowest BCUT2D eigenvalue weighted by atomic mass is 10.0. The molecule has 0 aliphatic carbocycles. The van der Waals surface area contributed by atoms with Crippen LogP contribution >= 0.6 is 0 Å². The molecule has 0 spiro atoms. The highest BCUT2D eigenvalue weighted by Crippen LogP contribution is 2.20. The maximum atomic E-state index is 9.18. The van der Waals surface area contributed by atoms with Crippen molar-refractivity contribution in [3.8, 4) is 5.75 Å². The van der Waals surface area contributed by atoms with Gasteiger partial charge in [-0.25, -0.2) is 0 Å². The van der Waals surface area contributed by atoms with Crippen LogP contribution in [0.2, 0.25) is 0 Å². The molecule has 0 aliphatic heterocycles. The highest BCUT2D eigenvalue weighted by atomic mass is 16.5. The minimum Gasteiger partial charge on any atom is -0.497 e. The van der Waals surface area contributed by atoms with Crippen molar-refractivity contribution in [2.75, 3.05) is 19.0 Å². The van der Waals surface area contributed by atoms with Gasteiger partial charge in [0.2, 0.25) is 0 Å². The number of nitrogens with one attached hydrogen (secondary N) is 1. The molecule has 2 rings (SSSR count). The van der Waals surface area contributed by atoms with Gasteiger partial charge < -0.3 is 15.2 Å². The molecule has 2 aromatic rings. The van der Waals surface area contributed by atoms with E-state index in [1.807, 2.05) is 30.3 Å². The van der Waals surface area contributed by atoms with Gasteiger partial charge >= 0.3 is 0 Å². The van der Waals surface area contributed by atoms with Crippen LogP contribution in [-0.4, -0.2) is 24.9 Å². The molecule has 1 unspecified atom stereocenters. The molecule has 0 fully saturated rings. The summed E-state index contributed by atoms with van der Waals surface area (Å²) < 4.78 is 5.21. The smallest absolute Gasteiger partial charge is 0.119 e. The van der Waals surface area contributed by atoms with E-state index in [0.717, 1.165) is 37.1 Å². The Balaban J connectivity index is 1.95. The highest BCUT2D eigenvalue weighted by Gasteiger charge is 2.09. The average Bonchev–Trinajstić information content (AvgIpc) is 2.66.